The number of fused-ring (bicyclic) bond motifs is 1. The van der Waals surface area contributed by atoms with Gasteiger partial charge in [-0.2, -0.15) is 21.6 Å². The summed E-state index contributed by atoms with van der Waals surface area (Å²) in [6.07, 6.45) is 1.05. The maximum Gasteiger partial charge on any atom is 0.534 e. The standard InChI is InChI=1S/C11H6F3NO5S/c12-11(13,14)21(18,19)20-9-8-5-7(10(16)17)2-1-6(8)3-4-15-9/h1-5H,(H,16,17). The summed E-state index contributed by atoms with van der Waals surface area (Å²) >= 11 is 0. The van der Waals surface area contributed by atoms with Crippen LogP contribution in [0.25, 0.3) is 10.8 Å². The van der Waals surface area contributed by atoms with E-state index in [2.05, 4.69) is 9.17 Å². The van der Waals surface area contributed by atoms with Crippen molar-refractivity contribution in [2.75, 3.05) is 0 Å². The molecule has 0 atom stereocenters. The van der Waals surface area contributed by atoms with Crippen molar-refractivity contribution in [1.82, 2.24) is 4.98 Å². The largest absolute Gasteiger partial charge is 0.534 e. The predicted molar refractivity (Wildman–Crippen MR) is 64.3 cm³/mol. The number of carboxylic acids is 1. The Morgan fingerprint density at radius 3 is 2.48 bits per heavy atom. The molecule has 6 nitrogen and oxygen atoms in total. The van der Waals surface area contributed by atoms with Gasteiger partial charge >= 0.3 is 21.6 Å². The van der Waals surface area contributed by atoms with Gasteiger partial charge in [-0.05, 0) is 23.6 Å². The Morgan fingerprint density at radius 2 is 1.90 bits per heavy atom. The number of alkyl halides is 3. The number of rotatable bonds is 3. The number of benzene rings is 1. The maximum absolute atomic E-state index is 12.3. The van der Waals surface area contributed by atoms with Crippen LogP contribution < -0.4 is 4.18 Å². The Balaban J connectivity index is 2.59. The number of aromatic carboxylic acids is 1. The fourth-order valence-corrected chi connectivity index (χ4v) is 1.93. The molecule has 2 aromatic rings. The molecular weight excluding hydrogens is 315 g/mol. The summed E-state index contributed by atoms with van der Waals surface area (Å²) in [4.78, 5) is 14.3. The summed E-state index contributed by atoms with van der Waals surface area (Å²) in [5.41, 5.74) is -5.86. The van der Waals surface area contributed by atoms with Crippen molar-refractivity contribution in [3.05, 3.63) is 36.0 Å². The van der Waals surface area contributed by atoms with Gasteiger partial charge in [-0.3, -0.25) is 0 Å². The van der Waals surface area contributed by atoms with E-state index < -0.39 is 27.5 Å². The van der Waals surface area contributed by atoms with Crippen LogP contribution in [0.4, 0.5) is 13.2 Å². The van der Waals surface area contributed by atoms with Crippen molar-refractivity contribution in [3.63, 3.8) is 0 Å². The Kier molecular flexibility index (Phi) is 3.49. The van der Waals surface area contributed by atoms with Crippen LogP contribution in [0.2, 0.25) is 0 Å². The van der Waals surface area contributed by atoms with Crippen molar-refractivity contribution >= 4 is 26.9 Å². The lowest BCUT2D eigenvalue weighted by Crippen LogP contribution is -2.28. The van der Waals surface area contributed by atoms with Gasteiger partial charge < -0.3 is 9.29 Å². The molecule has 0 aliphatic heterocycles. The molecule has 1 aromatic carbocycles. The number of aromatic nitrogens is 1. The van der Waals surface area contributed by atoms with Gasteiger partial charge in [0.25, 0.3) is 0 Å². The van der Waals surface area contributed by atoms with Gasteiger partial charge in [0.15, 0.2) is 0 Å². The first-order valence-electron chi connectivity index (χ1n) is 5.24. The second-order valence-corrected chi connectivity index (χ2v) is 5.38. The van der Waals surface area contributed by atoms with Gasteiger partial charge in [0.2, 0.25) is 5.88 Å². The van der Waals surface area contributed by atoms with E-state index in [1.54, 1.807) is 0 Å². The first-order chi connectivity index (χ1) is 9.62. The molecule has 1 heterocycles. The van der Waals surface area contributed by atoms with Crippen molar-refractivity contribution < 1.29 is 35.7 Å². The smallest absolute Gasteiger partial charge is 0.478 e. The summed E-state index contributed by atoms with van der Waals surface area (Å²) in [5.74, 6) is -2.17. The lowest BCUT2D eigenvalue weighted by molar-refractivity contribution is -0.0500. The fraction of sp³-hybridized carbons (Fsp3) is 0.0909. The zero-order chi connectivity index (χ0) is 15.8. The highest BCUT2D eigenvalue weighted by Crippen LogP contribution is 2.30. The van der Waals surface area contributed by atoms with Gasteiger partial charge in [0, 0.05) is 11.6 Å². The number of carbonyl (C=O) groups is 1. The number of halogens is 3. The average molecular weight is 321 g/mol. The zero-order valence-corrected chi connectivity index (χ0v) is 10.8. The molecule has 0 radical (unpaired) electrons. The lowest BCUT2D eigenvalue weighted by atomic mass is 10.1. The number of hydrogen-bond acceptors (Lipinski definition) is 5. The minimum absolute atomic E-state index is 0.162. The van der Waals surface area contributed by atoms with Crippen LogP contribution in [0.3, 0.4) is 0 Å². The van der Waals surface area contributed by atoms with Crippen LogP contribution in [0.5, 0.6) is 5.88 Å². The van der Waals surface area contributed by atoms with E-state index in [0.717, 1.165) is 12.3 Å². The first-order valence-corrected chi connectivity index (χ1v) is 6.65. The summed E-state index contributed by atoms with van der Waals surface area (Å²) in [5, 5.41) is 8.96. The van der Waals surface area contributed by atoms with E-state index in [9.17, 15) is 26.4 Å². The average Bonchev–Trinajstić information content (AvgIpc) is 2.36. The molecule has 0 saturated heterocycles. The van der Waals surface area contributed by atoms with Crippen LogP contribution in [0.1, 0.15) is 10.4 Å². The van der Waals surface area contributed by atoms with Crippen LogP contribution >= 0.6 is 0 Å². The molecule has 1 aromatic heterocycles. The third-order valence-electron chi connectivity index (χ3n) is 2.45. The molecule has 0 bridgehead atoms. The third-order valence-corrected chi connectivity index (χ3v) is 3.39. The predicted octanol–water partition coefficient (Wildman–Crippen LogP) is 2.16. The molecule has 0 aliphatic rings. The third kappa shape index (κ3) is 2.89. The van der Waals surface area contributed by atoms with E-state index in [1.165, 1.54) is 18.2 Å². The first kappa shape index (κ1) is 15.0. The molecule has 0 fully saturated rings. The number of nitrogens with zero attached hydrogens (tertiary/aromatic N) is 1. The second kappa shape index (κ2) is 4.88. The highest BCUT2D eigenvalue weighted by molar-refractivity contribution is 7.88. The summed E-state index contributed by atoms with van der Waals surface area (Å²) in [7, 11) is -5.89. The van der Waals surface area contributed by atoms with Crippen LogP contribution in [0.15, 0.2) is 30.5 Å². The molecule has 0 saturated carbocycles. The summed E-state index contributed by atoms with van der Waals surface area (Å²) < 4.78 is 62.8. The highest BCUT2D eigenvalue weighted by atomic mass is 32.2. The van der Waals surface area contributed by atoms with Crippen molar-refractivity contribution in [2.45, 2.75) is 5.51 Å². The zero-order valence-electron chi connectivity index (χ0n) is 9.96. The quantitative estimate of drug-likeness (QED) is 0.688. The minimum atomic E-state index is -5.89. The number of pyridine rings is 1. The van der Waals surface area contributed by atoms with Gasteiger partial charge in [-0.25, -0.2) is 9.78 Å². The molecule has 0 aliphatic carbocycles. The Bertz CT molecular complexity index is 816. The Morgan fingerprint density at radius 1 is 1.24 bits per heavy atom. The van der Waals surface area contributed by atoms with Crippen molar-refractivity contribution in [3.8, 4) is 5.88 Å². The molecule has 0 spiro atoms. The molecule has 1 N–H and O–H groups in total. The normalized spacial score (nSPS) is 12.3. The topological polar surface area (TPSA) is 93.6 Å². The molecular formula is C11H6F3NO5S. The molecule has 112 valence electrons. The summed E-state index contributed by atoms with van der Waals surface area (Å²) in [6.45, 7) is 0. The fourth-order valence-electron chi connectivity index (χ4n) is 1.49. The van der Waals surface area contributed by atoms with Crippen LogP contribution in [-0.2, 0) is 10.1 Å². The molecule has 10 heteroatoms. The van der Waals surface area contributed by atoms with E-state index >= 15 is 0 Å². The SMILES string of the molecule is O=C(O)c1ccc2ccnc(OS(=O)(=O)C(F)(F)F)c2c1. The number of hydrogen-bond donors (Lipinski definition) is 1. The minimum Gasteiger partial charge on any atom is -0.478 e. The van der Waals surface area contributed by atoms with Gasteiger partial charge in [0.05, 0.1) is 5.56 Å². The van der Waals surface area contributed by atoms with Gasteiger partial charge in [-0.15, -0.1) is 0 Å². The second-order valence-electron chi connectivity index (χ2n) is 3.84. The molecule has 2 rings (SSSR count). The van der Waals surface area contributed by atoms with Gasteiger partial charge in [0.1, 0.15) is 0 Å². The Labute approximate surface area is 115 Å². The van der Waals surface area contributed by atoms with Crippen molar-refractivity contribution in [2.24, 2.45) is 0 Å². The maximum atomic E-state index is 12.3. The molecule has 0 amide bonds. The highest BCUT2D eigenvalue weighted by Gasteiger charge is 2.49. The van der Waals surface area contributed by atoms with Crippen molar-refractivity contribution in [1.29, 1.82) is 0 Å². The van der Waals surface area contributed by atoms with E-state index in [4.69, 9.17) is 5.11 Å². The van der Waals surface area contributed by atoms with E-state index in [-0.39, 0.29) is 16.3 Å². The van der Waals surface area contributed by atoms with E-state index in [0.29, 0.717) is 0 Å². The van der Waals surface area contributed by atoms with Crippen LogP contribution in [-0.4, -0.2) is 30.0 Å². The van der Waals surface area contributed by atoms with E-state index in [1.807, 2.05) is 0 Å². The lowest BCUT2D eigenvalue weighted by Gasteiger charge is -2.10. The Hall–Kier alpha value is -2.36. The van der Waals surface area contributed by atoms with Crippen LogP contribution in [0, 0.1) is 0 Å². The van der Waals surface area contributed by atoms with Gasteiger partial charge in [-0.1, -0.05) is 6.07 Å². The monoisotopic (exact) mass is 321 g/mol. The summed E-state index contributed by atoms with van der Waals surface area (Å²) in [6, 6.07) is 4.86. The molecule has 21 heavy (non-hydrogen) atoms. The number of carboxylic acid groups (broad SMARTS) is 1. The molecule has 0 unspecified atom stereocenters.